The van der Waals surface area contributed by atoms with E-state index in [0.29, 0.717) is 6.42 Å². The number of halogens is 2. The number of hydrogen-bond donors (Lipinski definition) is 1. The molecule has 1 aromatic carbocycles. The monoisotopic (exact) mass is 265 g/mol. The average molecular weight is 265 g/mol. The zero-order chi connectivity index (χ0) is 13.7. The Labute approximate surface area is 113 Å². The Morgan fingerprint density at radius 1 is 1.16 bits per heavy atom. The van der Waals surface area contributed by atoms with Gasteiger partial charge in [0.1, 0.15) is 0 Å². The van der Waals surface area contributed by atoms with Crippen molar-refractivity contribution in [2.45, 2.75) is 44.6 Å². The number of likely N-dealkylation sites (N-methyl/N-ethyl adjacent to an activating group) is 1. The molecule has 1 aliphatic rings. The molecule has 0 radical (unpaired) electrons. The summed E-state index contributed by atoms with van der Waals surface area (Å²) in [5.41, 5.74) is 2.24. The van der Waals surface area contributed by atoms with Gasteiger partial charge in [0, 0.05) is 6.04 Å². The van der Waals surface area contributed by atoms with Crippen LogP contribution >= 0.6 is 0 Å². The first kappa shape index (κ1) is 14.2. The first-order valence-electron chi connectivity index (χ1n) is 7.01. The van der Waals surface area contributed by atoms with Crippen molar-refractivity contribution in [2.75, 3.05) is 7.05 Å². The standard InChI is InChI=1S/C16H21F2N/c1-19-16(13-6-4-2-3-5-7-13)11-12-8-9-14(17)15(18)10-12/h6,8-10,16,19H,2-5,7,11H2,1H3. The van der Waals surface area contributed by atoms with Gasteiger partial charge in [-0.15, -0.1) is 0 Å². The molecule has 1 atom stereocenters. The van der Waals surface area contributed by atoms with Crippen molar-refractivity contribution in [3.8, 4) is 0 Å². The van der Waals surface area contributed by atoms with Gasteiger partial charge in [-0.2, -0.15) is 0 Å². The molecule has 0 amide bonds. The molecule has 0 heterocycles. The van der Waals surface area contributed by atoms with Crippen LogP contribution in [0.3, 0.4) is 0 Å². The Morgan fingerprint density at radius 2 is 2.00 bits per heavy atom. The fourth-order valence-electron chi connectivity index (χ4n) is 2.68. The Bertz CT molecular complexity index is 454. The molecule has 0 saturated carbocycles. The smallest absolute Gasteiger partial charge is 0.159 e. The van der Waals surface area contributed by atoms with Crippen LogP contribution < -0.4 is 5.32 Å². The molecule has 0 aliphatic heterocycles. The summed E-state index contributed by atoms with van der Waals surface area (Å²) < 4.78 is 26.2. The fraction of sp³-hybridized carbons (Fsp3) is 0.500. The molecule has 1 N–H and O–H groups in total. The summed E-state index contributed by atoms with van der Waals surface area (Å²) in [6.07, 6.45) is 9.02. The van der Waals surface area contributed by atoms with Crippen LogP contribution in [0.1, 0.15) is 37.7 Å². The first-order valence-corrected chi connectivity index (χ1v) is 7.01. The van der Waals surface area contributed by atoms with Crippen molar-refractivity contribution < 1.29 is 8.78 Å². The maximum absolute atomic E-state index is 13.2. The van der Waals surface area contributed by atoms with E-state index in [1.54, 1.807) is 6.07 Å². The Kier molecular flexibility index (Phi) is 5.08. The third-order valence-electron chi connectivity index (χ3n) is 3.80. The maximum Gasteiger partial charge on any atom is 0.159 e. The molecule has 104 valence electrons. The molecule has 0 bridgehead atoms. The van der Waals surface area contributed by atoms with Crippen molar-refractivity contribution in [3.63, 3.8) is 0 Å². The Balaban J connectivity index is 2.09. The van der Waals surface area contributed by atoms with E-state index in [4.69, 9.17) is 0 Å². The van der Waals surface area contributed by atoms with Gasteiger partial charge in [-0.1, -0.05) is 24.1 Å². The van der Waals surface area contributed by atoms with Gasteiger partial charge in [-0.25, -0.2) is 8.78 Å². The molecule has 1 aromatic rings. The number of allylic oxidation sites excluding steroid dienone is 1. The van der Waals surface area contributed by atoms with Crippen molar-refractivity contribution in [3.05, 3.63) is 47.0 Å². The summed E-state index contributed by atoms with van der Waals surface area (Å²) >= 11 is 0. The molecule has 3 heteroatoms. The highest BCUT2D eigenvalue weighted by atomic mass is 19.2. The van der Waals surface area contributed by atoms with Gasteiger partial charge in [0.2, 0.25) is 0 Å². The van der Waals surface area contributed by atoms with Gasteiger partial charge in [0.15, 0.2) is 11.6 Å². The highest BCUT2D eigenvalue weighted by Crippen LogP contribution is 2.22. The second-order valence-electron chi connectivity index (χ2n) is 5.17. The number of benzene rings is 1. The topological polar surface area (TPSA) is 12.0 Å². The third kappa shape index (κ3) is 3.87. The lowest BCUT2D eigenvalue weighted by atomic mass is 9.95. The van der Waals surface area contributed by atoms with E-state index in [-0.39, 0.29) is 6.04 Å². The SMILES string of the molecule is CNC(Cc1ccc(F)c(F)c1)C1=CCCCCC1. The lowest BCUT2D eigenvalue weighted by molar-refractivity contribution is 0.505. The van der Waals surface area contributed by atoms with E-state index in [1.807, 2.05) is 7.05 Å². The molecule has 0 saturated heterocycles. The van der Waals surface area contributed by atoms with Crippen LogP contribution in [-0.4, -0.2) is 13.1 Å². The van der Waals surface area contributed by atoms with Gasteiger partial charge < -0.3 is 5.32 Å². The predicted molar refractivity (Wildman–Crippen MR) is 74.1 cm³/mol. The van der Waals surface area contributed by atoms with Crippen molar-refractivity contribution in [2.24, 2.45) is 0 Å². The van der Waals surface area contributed by atoms with Gasteiger partial charge in [-0.05, 0) is 56.8 Å². The first-order chi connectivity index (χ1) is 9.20. The normalized spacial score (nSPS) is 17.7. The Hall–Kier alpha value is -1.22. The van der Waals surface area contributed by atoms with Crippen LogP contribution in [0, 0.1) is 11.6 Å². The number of rotatable bonds is 4. The van der Waals surface area contributed by atoms with E-state index < -0.39 is 11.6 Å². The molecule has 1 unspecified atom stereocenters. The van der Waals surface area contributed by atoms with Crippen LogP contribution in [0.15, 0.2) is 29.8 Å². The predicted octanol–water partition coefficient (Wildman–Crippen LogP) is 3.99. The summed E-state index contributed by atoms with van der Waals surface area (Å²) in [5.74, 6) is -1.54. The molecule has 19 heavy (non-hydrogen) atoms. The fourth-order valence-corrected chi connectivity index (χ4v) is 2.68. The van der Waals surface area contributed by atoms with Crippen molar-refractivity contribution in [1.29, 1.82) is 0 Å². The Morgan fingerprint density at radius 3 is 2.74 bits per heavy atom. The largest absolute Gasteiger partial charge is 0.313 e. The van der Waals surface area contributed by atoms with Crippen LogP contribution in [0.25, 0.3) is 0 Å². The quantitative estimate of drug-likeness (QED) is 0.812. The average Bonchev–Trinajstić information content (AvgIpc) is 2.69. The molecule has 0 aromatic heterocycles. The van der Waals surface area contributed by atoms with Gasteiger partial charge in [0.05, 0.1) is 0 Å². The van der Waals surface area contributed by atoms with Gasteiger partial charge in [-0.3, -0.25) is 0 Å². The zero-order valence-electron chi connectivity index (χ0n) is 11.4. The minimum Gasteiger partial charge on any atom is -0.313 e. The maximum atomic E-state index is 13.2. The zero-order valence-corrected chi connectivity index (χ0v) is 11.4. The highest BCUT2D eigenvalue weighted by Gasteiger charge is 2.15. The van der Waals surface area contributed by atoms with E-state index in [9.17, 15) is 8.78 Å². The molecule has 2 rings (SSSR count). The molecule has 1 aliphatic carbocycles. The van der Waals surface area contributed by atoms with Crippen LogP contribution in [0.5, 0.6) is 0 Å². The second-order valence-corrected chi connectivity index (χ2v) is 5.17. The molecule has 1 nitrogen and oxygen atoms in total. The third-order valence-corrected chi connectivity index (χ3v) is 3.80. The summed E-state index contributed by atoms with van der Waals surface area (Å²) in [4.78, 5) is 0. The summed E-state index contributed by atoms with van der Waals surface area (Å²) in [7, 11) is 1.93. The van der Waals surface area contributed by atoms with E-state index in [0.717, 1.165) is 18.4 Å². The van der Waals surface area contributed by atoms with Crippen molar-refractivity contribution >= 4 is 0 Å². The molecular formula is C16H21F2N. The van der Waals surface area contributed by atoms with Crippen LogP contribution in [0.2, 0.25) is 0 Å². The summed E-state index contributed by atoms with van der Waals surface area (Å²) in [5, 5.41) is 3.30. The molecule has 0 spiro atoms. The molecule has 0 fully saturated rings. The lowest BCUT2D eigenvalue weighted by Gasteiger charge is -2.20. The van der Waals surface area contributed by atoms with Gasteiger partial charge in [0.25, 0.3) is 0 Å². The van der Waals surface area contributed by atoms with Crippen molar-refractivity contribution in [1.82, 2.24) is 5.32 Å². The molecular weight excluding hydrogens is 244 g/mol. The summed E-state index contributed by atoms with van der Waals surface area (Å²) in [6.45, 7) is 0. The second kappa shape index (κ2) is 6.80. The van der Waals surface area contributed by atoms with Crippen LogP contribution in [-0.2, 0) is 6.42 Å². The van der Waals surface area contributed by atoms with E-state index in [2.05, 4.69) is 11.4 Å². The lowest BCUT2D eigenvalue weighted by Crippen LogP contribution is -2.29. The minimum absolute atomic E-state index is 0.225. The van der Waals surface area contributed by atoms with E-state index >= 15 is 0 Å². The minimum atomic E-state index is -0.779. The van der Waals surface area contributed by atoms with Gasteiger partial charge >= 0.3 is 0 Å². The number of hydrogen-bond acceptors (Lipinski definition) is 1. The van der Waals surface area contributed by atoms with Crippen LogP contribution in [0.4, 0.5) is 8.78 Å². The summed E-state index contributed by atoms with van der Waals surface area (Å²) in [6, 6.07) is 4.40. The van der Waals surface area contributed by atoms with E-state index in [1.165, 1.54) is 37.0 Å². The highest BCUT2D eigenvalue weighted by molar-refractivity contribution is 5.23. The number of nitrogens with one attached hydrogen (secondary N) is 1.